The number of aliphatic hydroxyl groups is 2. The summed E-state index contributed by atoms with van der Waals surface area (Å²) >= 11 is 0. The van der Waals surface area contributed by atoms with Crippen molar-refractivity contribution in [2.45, 2.75) is 32.2 Å². The van der Waals surface area contributed by atoms with Crippen molar-refractivity contribution in [3.63, 3.8) is 0 Å². The van der Waals surface area contributed by atoms with Crippen molar-refractivity contribution in [2.24, 2.45) is 5.73 Å². The smallest absolute Gasteiger partial charge is 0.119 e. The maximum Gasteiger partial charge on any atom is 0.119 e. The first-order valence-electron chi connectivity index (χ1n) is 3.39. The van der Waals surface area contributed by atoms with Crippen LogP contribution in [0.3, 0.4) is 0 Å². The van der Waals surface area contributed by atoms with Crippen LogP contribution in [0.1, 0.15) is 13.8 Å². The third-order valence-corrected chi connectivity index (χ3v) is 1.12. The molecule has 0 rings (SSSR count). The van der Waals surface area contributed by atoms with E-state index >= 15 is 0 Å². The predicted octanol–water partition coefficient (Wildman–Crippen LogP) is -1.38. The highest BCUT2D eigenvalue weighted by atomic mass is 16.3. The molecule has 0 saturated heterocycles. The maximum absolute atomic E-state index is 9.03. The second-order valence-electron chi connectivity index (χ2n) is 2.56. The molecule has 0 heterocycles. The summed E-state index contributed by atoms with van der Waals surface area (Å²) in [5.74, 6) is 0. The van der Waals surface area contributed by atoms with Crippen molar-refractivity contribution in [3.8, 4) is 0 Å². The van der Waals surface area contributed by atoms with E-state index in [-0.39, 0.29) is 6.04 Å². The molecule has 0 amide bonds. The minimum atomic E-state index is -0.727. The molecular weight excluding hydrogens is 132 g/mol. The van der Waals surface area contributed by atoms with Crippen molar-refractivity contribution in [3.05, 3.63) is 0 Å². The molecular formula is C6H16N2O2. The number of nitrogens with one attached hydrogen (secondary N) is 1. The molecule has 2 unspecified atom stereocenters. The summed E-state index contributed by atoms with van der Waals surface area (Å²) in [4.78, 5) is 0. The minimum Gasteiger partial charge on any atom is -0.392 e. The first-order chi connectivity index (χ1) is 4.54. The first kappa shape index (κ1) is 9.84. The molecule has 0 fully saturated rings. The molecule has 0 aliphatic carbocycles. The summed E-state index contributed by atoms with van der Waals surface area (Å²) in [6.07, 6.45) is -1.18. The Bertz CT molecular complexity index is 85.8. The lowest BCUT2D eigenvalue weighted by atomic mass is 10.3. The van der Waals surface area contributed by atoms with Crippen molar-refractivity contribution < 1.29 is 10.2 Å². The number of hydrogen-bond donors (Lipinski definition) is 4. The molecule has 62 valence electrons. The molecule has 0 spiro atoms. The van der Waals surface area contributed by atoms with Gasteiger partial charge in [-0.2, -0.15) is 0 Å². The van der Waals surface area contributed by atoms with Crippen LogP contribution in [0.4, 0.5) is 0 Å². The minimum absolute atomic E-state index is 0.307. The standard InChI is InChI=1S/C6H16N2O2/c1-4(9)3-8-6(10)5(2)7/h4-6,8-10H,3,7H2,1-2H3/t4?,5?,6-/m1/s1. The van der Waals surface area contributed by atoms with E-state index in [4.69, 9.17) is 15.9 Å². The van der Waals surface area contributed by atoms with E-state index in [1.54, 1.807) is 13.8 Å². The fourth-order valence-electron chi connectivity index (χ4n) is 0.477. The SMILES string of the molecule is CC(O)CN[C@H](O)C(C)N. The molecule has 0 aliphatic rings. The van der Waals surface area contributed by atoms with Crippen LogP contribution in [0.25, 0.3) is 0 Å². The van der Waals surface area contributed by atoms with Crippen molar-refractivity contribution >= 4 is 0 Å². The largest absolute Gasteiger partial charge is 0.392 e. The van der Waals surface area contributed by atoms with Crippen LogP contribution < -0.4 is 11.1 Å². The van der Waals surface area contributed by atoms with Gasteiger partial charge in [0.05, 0.1) is 6.10 Å². The van der Waals surface area contributed by atoms with Gasteiger partial charge in [0.15, 0.2) is 0 Å². The van der Waals surface area contributed by atoms with E-state index in [2.05, 4.69) is 5.32 Å². The zero-order chi connectivity index (χ0) is 8.15. The lowest BCUT2D eigenvalue weighted by molar-refractivity contribution is 0.0921. The highest BCUT2D eigenvalue weighted by molar-refractivity contribution is 4.64. The molecule has 0 aromatic rings. The van der Waals surface area contributed by atoms with E-state index in [9.17, 15) is 0 Å². The quantitative estimate of drug-likeness (QED) is 0.371. The Hall–Kier alpha value is -0.160. The Balaban J connectivity index is 3.30. The van der Waals surface area contributed by atoms with Crippen LogP contribution in [-0.4, -0.2) is 35.1 Å². The highest BCUT2D eigenvalue weighted by Crippen LogP contribution is 1.84. The van der Waals surface area contributed by atoms with Gasteiger partial charge in [-0.05, 0) is 13.8 Å². The summed E-state index contributed by atoms with van der Waals surface area (Å²) in [6.45, 7) is 3.70. The van der Waals surface area contributed by atoms with Gasteiger partial charge in [-0.15, -0.1) is 0 Å². The summed E-state index contributed by atoms with van der Waals surface area (Å²) in [6, 6.07) is -0.307. The third-order valence-electron chi connectivity index (χ3n) is 1.12. The molecule has 0 radical (unpaired) electrons. The van der Waals surface area contributed by atoms with Gasteiger partial charge in [0.2, 0.25) is 0 Å². The zero-order valence-electron chi connectivity index (χ0n) is 6.41. The van der Waals surface area contributed by atoms with Crippen LogP contribution in [0, 0.1) is 0 Å². The second-order valence-corrected chi connectivity index (χ2v) is 2.56. The maximum atomic E-state index is 9.03. The molecule has 4 heteroatoms. The van der Waals surface area contributed by atoms with Crippen LogP contribution >= 0.6 is 0 Å². The molecule has 3 atom stereocenters. The van der Waals surface area contributed by atoms with E-state index in [0.29, 0.717) is 6.54 Å². The Morgan fingerprint density at radius 1 is 1.40 bits per heavy atom. The van der Waals surface area contributed by atoms with Gasteiger partial charge in [-0.1, -0.05) is 0 Å². The number of rotatable bonds is 4. The van der Waals surface area contributed by atoms with Gasteiger partial charge >= 0.3 is 0 Å². The molecule has 10 heavy (non-hydrogen) atoms. The Morgan fingerprint density at radius 3 is 2.20 bits per heavy atom. The van der Waals surface area contributed by atoms with Crippen molar-refractivity contribution in [1.82, 2.24) is 5.32 Å². The molecule has 0 aromatic carbocycles. The first-order valence-corrected chi connectivity index (χ1v) is 3.39. The topological polar surface area (TPSA) is 78.5 Å². The third kappa shape index (κ3) is 4.69. The average Bonchev–Trinajstić information content (AvgIpc) is 1.82. The number of hydrogen-bond acceptors (Lipinski definition) is 4. The summed E-state index contributed by atoms with van der Waals surface area (Å²) in [5.41, 5.74) is 5.33. The Kier molecular flexibility index (Phi) is 4.55. The fraction of sp³-hybridized carbons (Fsp3) is 1.00. The average molecular weight is 148 g/mol. The molecule has 4 nitrogen and oxygen atoms in total. The van der Waals surface area contributed by atoms with E-state index in [1.807, 2.05) is 0 Å². The van der Waals surface area contributed by atoms with E-state index < -0.39 is 12.3 Å². The van der Waals surface area contributed by atoms with Crippen molar-refractivity contribution in [1.29, 1.82) is 0 Å². The lowest BCUT2D eigenvalue weighted by Crippen LogP contribution is -2.45. The normalized spacial score (nSPS) is 20.1. The Morgan fingerprint density at radius 2 is 1.90 bits per heavy atom. The van der Waals surface area contributed by atoms with Crippen LogP contribution in [-0.2, 0) is 0 Å². The van der Waals surface area contributed by atoms with E-state index in [0.717, 1.165) is 0 Å². The summed E-state index contributed by atoms with van der Waals surface area (Å²) < 4.78 is 0. The summed E-state index contributed by atoms with van der Waals surface area (Å²) in [5, 5.41) is 20.5. The molecule has 0 bridgehead atoms. The second kappa shape index (κ2) is 4.62. The van der Waals surface area contributed by atoms with Crippen LogP contribution in [0.2, 0.25) is 0 Å². The van der Waals surface area contributed by atoms with Gasteiger partial charge < -0.3 is 15.9 Å². The van der Waals surface area contributed by atoms with Gasteiger partial charge in [0.25, 0.3) is 0 Å². The van der Waals surface area contributed by atoms with Gasteiger partial charge in [0, 0.05) is 12.6 Å². The van der Waals surface area contributed by atoms with Crippen LogP contribution in [0.5, 0.6) is 0 Å². The zero-order valence-corrected chi connectivity index (χ0v) is 6.41. The summed E-state index contributed by atoms with van der Waals surface area (Å²) in [7, 11) is 0. The van der Waals surface area contributed by atoms with E-state index in [1.165, 1.54) is 0 Å². The molecule has 0 aromatic heterocycles. The molecule has 5 N–H and O–H groups in total. The lowest BCUT2D eigenvalue weighted by Gasteiger charge is -2.16. The molecule has 0 saturated carbocycles. The Labute approximate surface area is 61.0 Å². The van der Waals surface area contributed by atoms with Crippen molar-refractivity contribution in [2.75, 3.05) is 6.54 Å². The predicted molar refractivity (Wildman–Crippen MR) is 39.3 cm³/mol. The number of aliphatic hydroxyl groups excluding tert-OH is 2. The fourth-order valence-corrected chi connectivity index (χ4v) is 0.477. The highest BCUT2D eigenvalue weighted by Gasteiger charge is 2.08. The van der Waals surface area contributed by atoms with Gasteiger partial charge in [0.1, 0.15) is 6.23 Å². The van der Waals surface area contributed by atoms with Gasteiger partial charge in [-0.25, -0.2) is 0 Å². The number of nitrogens with two attached hydrogens (primary N) is 1. The molecule has 0 aliphatic heterocycles. The monoisotopic (exact) mass is 148 g/mol. The van der Waals surface area contributed by atoms with Crippen LogP contribution in [0.15, 0.2) is 0 Å². The van der Waals surface area contributed by atoms with Gasteiger partial charge in [-0.3, -0.25) is 5.32 Å².